The van der Waals surface area contributed by atoms with Crippen molar-refractivity contribution in [1.29, 1.82) is 0 Å². The standard InChI is InChI=1S/C8H9N5O/c1-13-4-11-6-3-10-7(12-9)2-5(6)8(13)14/h2-4H,9H2,1H3,(H,10,12). The van der Waals surface area contributed by atoms with E-state index in [-0.39, 0.29) is 5.56 Å². The topological polar surface area (TPSA) is 85.8 Å². The van der Waals surface area contributed by atoms with Gasteiger partial charge < -0.3 is 9.99 Å². The van der Waals surface area contributed by atoms with E-state index in [4.69, 9.17) is 5.84 Å². The first-order valence-electron chi connectivity index (χ1n) is 4.00. The number of nitrogens with two attached hydrogens (primary N) is 1. The molecule has 0 aliphatic heterocycles. The maximum Gasteiger partial charge on any atom is 0.261 e. The molecule has 0 aliphatic carbocycles. The first kappa shape index (κ1) is 8.64. The normalized spacial score (nSPS) is 10.4. The van der Waals surface area contributed by atoms with Gasteiger partial charge in [0.05, 0.1) is 23.4 Å². The molecule has 0 fully saturated rings. The molecule has 0 bridgehead atoms. The number of aromatic nitrogens is 3. The van der Waals surface area contributed by atoms with E-state index in [0.29, 0.717) is 16.7 Å². The van der Waals surface area contributed by atoms with Crippen LogP contribution in [0.1, 0.15) is 0 Å². The fourth-order valence-corrected chi connectivity index (χ4v) is 1.19. The molecule has 2 aromatic heterocycles. The Morgan fingerprint density at radius 1 is 1.50 bits per heavy atom. The van der Waals surface area contributed by atoms with Crippen molar-refractivity contribution in [3.05, 3.63) is 28.9 Å². The molecule has 72 valence electrons. The molecular formula is C8H9N5O. The van der Waals surface area contributed by atoms with Crippen molar-refractivity contribution < 1.29 is 0 Å². The average molecular weight is 191 g/mol. The van der Waals surface area contributed by atoms with Crippen LogP contribution in [0, 0.1) is 0 Å². The molecule has 2 heterocycles. The Bertz CT molecular complexity index is 533. The number of anilines is 1. The summed E-state index contributed by atoms with van der Waals surface area (Å²) in [6.07, 6.45) is 2.97. The number of fused-ring (bicyclic) bond motifs is 1. The summed E-state index contributed by atoms with van der Waals surface area (Å²) in [4.78, 5) is 19.6. The highest BCUT2D eigenvalue weighted by molar-refractivity contribution is 5.78. The summed E-state index contributed by atoms with van der Waals surface area (Å²) in [6, 6.07) is 1.57. The molecule has 0 atom stereocenters. The molecular weight excluding hydrogens is 182 g/mol. The number of hydrogen-bond acceptors (Lipinski definition) is 5. The number of aryl methyl sites for hydroxylation is 1. The zero-order chi connectivity index (χ0) is 10.1. The van der Waals surface area contributed by atoms with Crippen LogP contribution in [0.25, 0.3) is 10.9 Å². The molecule has 0 aromatic carbocycles. The number of rotatable bonds is 1. The highest BCUT2D eigenvalue weighted by Crippen LogP contribution is 2.08. The van der Waals surface area contributed by atoms with E-state index in [1.165, 1.54) is 17.1 Å². The first-order chi connectivity index (χ1) is 6.72. The minimum Gasteiger partial charge on any atom is -0.308 e. The fourth-order valence-electron chi connectivity index (χ4n) is 1.19. The number of nitrogens with one attached hydrogen (secondary N) is 1. The van der Waals surface area contributed by atoms with Gasteiger partial charge in [-0.2, -0.15) is 0 Å². The zero-order valence-corrected chi connectivity index (χ0v) is 7.56. The second kappa shape index (κ2) is 3.08. The Labute approximate surface area is 79.4 Å². The van der Waals surface area contributed by atoms with Crippen molar-refractivity contribution in [3.63, 3.8) is 0 Å². The van der Waals surface area contributed by atoms with Gasteiger partial charge in [0, 0.05) is 7.05 Å². The summed E-state index contributed by atoms with van der Waals surface area (Å²) in [6.45, 7) is 0. The smallest absolute Gasteiger partial charge is 0.261 e. The van der Waals surface area contributed by atoms with Crippen LogP contribution in [0.4, 0.5) is 5.82 Å². The molecule has 0 amide bonds. The maximum atomic E-state index is 11.6. The average Bonchev–Trinajstić information content (AvgIpc) is 2.23. The van der Waals surface area contributed by atoms with Gasteiger partial charge in [-0.3, -0.25) is 4.79 Å². The van der Waals surface area contributed by atoms with Crippen LogP contribution >= 0.6 is 0 Å². The lowest BCUT2D eigenvalue weighted by Crippen LogP contribution is -2.18. The fraction of sp³-hybridized carbons (Fsp3) is 0.125. The molecule has 0 saturated carbocycles. The van der Waals surface area contributed by atoms with Crippen LogP contribution in [0.2, 0.25) is 0 Å². The molecule has 14 heavy (non-hydrogen) atoms. The van der Waals surface area contributed by atoms with Crippen LogP contribution in [0.3, 0.4) is 0 Å². The van der Waals surface area contributed by atoms with Crippen molar-refractivity contribution >= 4 is 16.7 Å². The van der Waals surface area contributed by atoms with Crippen molar-refractivity contribution in [1.82, 2.24) is 14.5 Å². The molecule has 0 spiro atoms. The maximum absolute atomic E-state index is 11.6. The zero-order valence-electron chi connectivity index (χ0n) is 7.56. The number of hydrazine groups is 1. The molecule has 2 rings (SSSR count). The van der Waals surface area contributed by atoms with Crippen molar-refractivity contribution in [2.45, 2.75) is 0 Å². The van der Waals surface area contributed by atoms with Crippen LogP contribution in [-0.2, 0) is 7.05 Å². The first-order valence-corrected chi connectivity index (χ1v) is 4.00. The molecule has 0 unspecified atom stereocenters. The van der Waals surface area contributed by atoms with Gasteiger partial charge >= 0.3 is 0 Å². The third-order valence-electron chi connectivity index (χ3n) is 1.95. The summed E-state index contributed by atoms with van der Waals surface area (Å²) >= 11 is 0. The molecule has 6 heteroatoms. The summed E-state index contributed by atoms with van der Waals surface area (Å²) in [5.74, 6) is 5.63. The van der Waals surface area contributed by atoms with Crippen LogP contribution < -0.4 is 16.8 Å². The van der Waals surface area contributed by atoms with E-state index in [2.05, 4.69) is 15.4 Å². The lowest BCUT2D eigenvalue weighted by atomic mass is 10.3. The van der Waals surface area contributed by atoms with Gasteiger partial charge in [-0.1, -0.05) is 0 Å². The van der Waals surface area contributed by atoms with E-state index in [0.717, 1.165) is 0 Å². The van der Waals surface area contributed by atoms with E-state index >= 15 is 0 Å². The third-order valence-corrected chi connectivity index (χ3v) is 1.95. The number of hydrogen-bond donors (Lipinski definition) is 2. The van der Waals surface area contributed by atoms with Gasteiger partial charge in [-0.15, -0.1) is 0 Å². The Kier molecular flexibility index (Phi) is 1.90. The summed E-state index contributed by atoms with van der Waals surface area (Å²) in [7, 11) is 1.64. The summed E-state index contributed by atoms with van der Waals surface area (Å²) < 4.78 is 1.41. The second-order valence-electron chi connectivity index (χ2n) is 2.89. The van der Waals surface area contributed by atoms with Gasteiger partial charge in [0.2, 0.25) is 0 Å². The number of nitrogens with zero attached hydrogens (tertiary/aromatic N) is 3. The minimum atomic E-state index is -0.117. The van der Waals surface area contributed by atoms with Gasteiger partial charge in [0.25, 0.3) is 5.56 Å². The molecule has 0 aliphatic rings. The number of nitrogen functional groups attached to an aromatic ring is 1. The highest BCUT2D eigenvalue weighted by Gasteiger charge is 2.02. The second-order valence-corrected chi connectivity index (χ2v) is 2.89. The monoisotopic (exact) mass is 191 g/mol. The molecule has 2 aromatic rings. The van der Waals surface area contributed by atoms with Gasteiger partial charge in [0.1, 0.15) is 5.82 Å². The highest BCUT2D eigenvalue weighted by atomic mass is 16.1. The Morgan fingerprint density at radius 2 is 2.29 bits per heavy atom. The van der Waals surface area contributed by atoms with Crippen LogP contribution in [-0.4, -0.2) is 14.5 Å². The van der Waals surface area contributed by atoms with Crippen molar-refractivity contribution in [3.8, 4) is 0 Å². The van der Waals surface area contributed by atoms with Gasteiger partial charge in [0.15, 0.2) is 0 Å². The SMILES string of the molecule is Cn1cnc2cnc(NN)cc2c1=O. The van der Waals surface area contributed by atoms with E-state index < -0.39 is 0 Å². The largest absolute Gasteiger partial charge is 0.308 e. The Hall–Kier alpha value is -1.95. The Morgan fingerprint density at radius 3 is 3.00 bits per heavy atom. The third kappa shape index (κ3) is 1.21. The van der Waals surface area contributed by atoms with Crippen LogP contribution in [0.5, 0.6) is 0 Å². The quantitative estimate of drug-likeness (QED) is 0.473. The van der Waals surface area contributed by atoms with Crippen LogP contribution in [0.15, 0.2) is 23.4 Å². The minimum absolute atomic E-state index is 0.117. The molecule has 0 radical (unpaired) electrons. The Balaban J connectivity index is 2.85. The van der Waals surface area contributed by atoms with Crippen molar-refractivity contribution in [2.75, 3.05) is 5.43 Å². The molecule has 3 N–H and O–H groups in total. The van der Waals surface area contributed by atoms with Gasteiger partial charge in [-0.25, -0.2) is 15.8 Å². The van der Waals surface area contributed by atoms with E-state index in [1.54, 1.807) is 13.1 Å². The summed E-state index contributed by atoms with van der Waals surface area (Å²) in [5.41, 5.74) is 2.82. The lowest BCUT2D eigenvalue weighted by molar-refractivity contribution is 0.842. The van der Waals surface area contributed by atoms with E-state index in [1.807, 2.05) is 0 Å². The predicted octanol–water partition coefficient (Wildman–Crippen LogP) is -0.386. The number of pyridine rings is 1. The lowest BCUT2D eigenvalue weighted by Gasteiger charge is -2.02. The van der Waals surface area contributed by atoms with Crippen molar-refractivity contribution in [2.24, 2.45) is 12.9 Å². The van der Waals surface area contributed by atoms with E-state index in [9.17, 15) is 4.79 Å². The molecule has 0 saturated heterocycles. The molecule has 6 nitrogen and oxygen atoms in total. The predicted molar refractivity (Wildman–Crippen MR) is 52.6 cm³/mol. The summed E-state index contributed by atoms with van der Waals surface area (Å²) in [5, 5.41) is 0.498. The van der Waals surface area contributed by atoms with Gasteiger partial charge in [-0.05, 0) is 6.07 Å².